The van der Waals surface area contributed by atoms with Gasteiger partial charge in [-0.25, -0.2) is 8.42 Å². The topological polar surface area (TPSA) is 86.8 Å². The van der Waals surface area contributed by atoms with Gasteiger partial charge in [-0.3, -0.25) is 13.9 Å². The number of hydrogen-bond donors (Lipinski definition) is 1. The molecule has 1 fully saturated rings. The third kappa shape index (κ3) is 7.56. The number of nitrogens with one attached hydrogen (secondary N) is 1. The summed E-state index contributed by atoms with van der Waals surface area (Å²) in [7, 11) is -4.14. The number of nitrogens with zero attached hydrogens (tertiary/aromatic N) is 2. The number of anilines is 1. The fraction of sp³-hybridized carbons (Fsp3) is 0.333. The number of sulfonamides is 1. The Morgan fingerprint density at radius 3 is 2.23 bits per heavy atom. The minimum atomic E-state index is -4.14. The van der Waals surface area contributed by atoms with Crippen molar-refractivity contribution in [2.75, 3.05) is 10.8 Å². The summed E-state index contributed by atoms with van der Waals surface area (Å²) in [4.78, 5) is 28.7. The molecule has 0 bridgehead atoms. The van der Waals surface area contributed by atoms with Gasteiger partial charge in [0.2, 0.25) is 11.8 Å². The number of rotatable bonds is 10. The fourth-order valence-electron chi connectivity index (χ4n) is 4.84. The highest BCUT2D eigenvalue weighted by Gasteiger charge is 2.33. The smallest absolute Gasteiger partial charge is 0.264 e. The van der Waals surface area contributed by atoms with Crippen molar-refractivity contribution in [2.45, 2.75) is 62.6 Å². The van der Waals surface area contributed by atoms with Crippen LogP contribution < -0.4 is 9.62 Å². The number of benzene rings is 3. The van der Waals surface area contributed by atoms with Crippen LogP contribution in [0.3, 0.4) is 0 Å². The Bertz CT molecular complexity index is 1410. The van der Waals surface area contributed by atoms with E-state index >= 15 is 0 Å². The highest BCUT2D eigenvalue weighted by atomic mass is 35.5. The number of carbonyl (C=O) groups excluding carboxylic acids is 2. The summed E-state index contributed by atoms with van der Waals surface area (Å²) in [5.41, 5.74) is 1.05. The van der Waals surface area contributed by atoms with Gasteiger partial charge in [0.05, 0.1) is 10.6 Å². The predicted octanol–water partition coefficient (Wildman–Crippen LogP) is 6.05. The number of halogens is 2. The second-order valence-corrected chi connectivity index (χ2v) is 12.7. The van der Waals surface area contributed by atoms with Crippen molar-refractivity contribution < 1.29 is 18.0 Å². The lowest BCUT2D eigenvalue weighted by molar-refractivity contribution is -0.139. The molecule has 0 spiro atoms. The Morgan fingerprint density at radius 2 is 1.57 bits per heavy atom. The van der Waals surface area contributed by atoms with Crippen LogP contribution in [0.1, 0.15) is 44.6 Å². The molecule has 0 radical (unpaired) electrons. The number of carbonyl (C=O) groups is 2. The Morgan fingerprint density at radius 1 is 0.900 bits per heavy atom. The summed E-state index contributed by atoms with van der Waals surface area (Å²) in [5, 5.41) is 3.99. The SMILES string of the molecule is CC(C(=O)NC1CCCCC1)N(Cc1cccc(Cl)c1)C(=O)CN(c1ccccc1)S(=O)(=O)c1ccc(Cl)cc1. The number of para-hydroxylation sites is 1. The minimum Gasteiger partial charge on any atom is -0.352 e. The maximum Gasteiger partial charge on any atom is 0.264 e. The summed E-state index contributed by atoms with van der Waals surface area (Å²) in [6, 6.07) is 20.5. The van der Waals surface area contributed by atoms with Gasteiger partial charge in [-0.2, -0.15) is 0 Å². The first-order valence-electron chi connectivity index (χ1n) is 13.3. The van der Waals surface area contributed by atoms with E-state index < -0.39 is 28.5 Å². The molecule has 4 rings (SSSR count). The van der Waals surface area contributed by atoms with Gasteiger partial charge in [0.25, 0.3) is 10.0 Å². The zero-order valence-electron chi connectivity index (χ0n) is 22.3. The highest BCUT2D eigenvalue weighted by molar-refractivity contribution is 7.92. The number of amides is 2. The predicted molar refractivity (Wildman–Crippen MR) is 159 cm³/mol. The van der Waals surface area contributed by atoms with E-state index in [2.05, 4.69) is 5.32 Å². The molecule has 0 aromatic heterocycles. The zero-order valence-corrected chi connectivity index (χ0v) is 24.6. The van der Waals surface area contributed by atoms with Crippen molar-refractivity contribution in [1.29, 1.82) is 0 Å². The van der Waals surface area contributed by atoms with E-state index in [0.29, 0.717) is 15.7 Å². The molecular formula is C30H33Cl2N3O4S. The quantitative estimate of drug-likeness (QED) is 0.306. The average molecular weight is 603 g/mol. The van der Waals surface area contributed by atoms with E-state index in [1.807, 2.05) is 6.07 Å². The summed E-state index contributed by atoms with van der Waals surface area (Å²) in [5.74, 6) is -0.790. The van der Waals surface area contributed by atoms with Gasteiger partial charge in [0.1, 0.15) is 12.6 Å². The summed E-state index contributed by atoms with van der Waals surface area (Å²) >= 11 is 12.2. The first-order valence-corrected chi connectivity index (χ1v) is 15.5. The Kier molecular flexibility index (Phi) is 10.1. The van der Waals surface area contributed by atoms with Crippen molar-refractivity contribution >= 4 is 50.7 Å². The molecule has 40 heavy (non-hydrogen) atoms. The summed E-state index contributed by atoms with van der Waals surface area (Å²) in [6.45, 7) is 1.25. The van der Waals surface area contributed by atoms with Crippen LogP contribution in [0.5, 0.6) is 0 Å². The van der Waals surface area contributed by atoms with E-state index in [1.54, 1.807) is 55.5 Å². The molecule has 1 atom stereocenters. The van der Waals surface area contributed by atoms with Crippen LogP contribution in [0.4, 0.5) is 5.69 Å². The second kappa shape index (κ2) is 13.5. The molecule has 1 aliphatic rings. The van der Waals surface area contributed by atoms with Crippen molar-refractivity contribution in [3.63, 3.8) is 0 Å². The van der Waals surface area contributed by atoms with E-state index in [-0.39, 0.29) is 23.4 Å². The van der Waals surface area contributed by atoms with Gasteiger partial charge in [-0.1, -0.05) is 72.8 Å². The fourth-order valence-corrected chi connectivity index (χ4v) is 6.59. The number of hydrogen-bond acceptors (Lipinski definition) is 4. The molecule has 3 aromatic rings. The van der Waals surface area contributed by atoms with Crippen LogP contribution in [0.2, 0.25) is 10.0 Å². The molecule has 1 unspecified atom stereocenters. The summed E-state index contributed by atoms with van der Waals surface area (Å²) in [6.07, 6.45) is 5.07. The van der Waals surface area contributed by atoms with Crippen LogP contribution in [-0.2, 0) is 26.2 Å². The van der Waals surface area contributed by atoms with E-state index in [0.717, 1.165) is 42.0 Å². The molecule has 0 heterocycles. The molecular weight excluding hydrogens is 569 g/mol. The van der Waals surface area contributed by atoms with Gasteiger partial charge < -0.3 is 10.2 Å². The molecule has 212 valence electrons. The monoisotopic (exact) mass is 601 g/mol. The second-order valence-electron chi connectivity index (χ2n) is 9.97. The Hall–Kier alpha value is -3.07. The molecule has 1 N–H and O–H groups in total. The van der Waals surface area contributed by atoms with E-state index in [9.17, 15) is 18.0 Å². The standard InChI is InChI=1S/C30H33Cl2N3O4S/c1-22(30(37)33-26-11-4-2-5-12-26)34(20-23-9-8-10-25(32)19-23)29(36)21-35(27-13-6-3-7-14-27)40(38,39)28-17-15-24(31)16-18-28/h3,6-10,13-19,22,26H,2,4-5,11-12,20-21H2,1H3,(H,33,37). The lowest BCUT2D eigenvalue weighted by atomic mass is 9.95. The molecule has 0 aliphatic heterocycles. The average Bonchev–Trinajstić information content (AvgIpc) is 2.95. The molecule has 0 saturated heterocycles. The van der Waals surface area contributed by atoms with Crippen molar-refractivity contribution in [3.05, 3.63) is 94.5 Å². The van der Waals surface area contributed by atoms with Gasteiger partial charge in [0, 0.05) is 22.6 Å². The lowest BCUT2D eigenvalue weighted by Gasteiger charge is -2.33. The van der Waals surface area contributed by atoms with Gasteiger partial charge in [-0.05, 0) is 73.9 Å². The van der Waals surface area contributed by atoms with E-state index in [4.69, 9.17) is 23.2 Å². The van der Waals surface area contributed by atoms with Crippen LogP contribution in [0.15, 0.2) is 83.8 Å². The third-order valence-electron chi connectivity index (χ3n) is 7.09. The largest absolute Gasteiger partial charge is 0.352 e. The van der Waals surface area contributed by atoms with Crippen molar-refractivity contribution in [1.82, 2.24) is 10.2 Å². The van der Waals surface area contributed by atoms with Crippen LogP contribution in [-0.4, -0.2) is 43.8 Å². The van der Waals surface area contributed by atoms with Crippen molar-refractivity contribution in [3.8, 4) is 0 Å². The van der Waals surface area contributed by atoms with Gasteiger partial charge >= 0.3 is 0 Å². The minimum absolute atomic E-state index is 0.00182. The third-order valence-corrected chi connectivity index (χ3v) is 9.36. The molecule has 2 amide bonds. The molecule has 3 aromatic carbocycles. The Balaban J connectivity index is 1.65. The lowest BCUT2D eigenvalue weighted by Crippen LogP contribution is -2.53. The molecule has 1 aliphatic carbocycles. The Labute approximate surface area is 246 Å². The van der Waals surface area contributed by atoms with Crippen molar-refractivity contribution in [2.24, 2.45) is 0 Å². The van der Waals surface area contributed by atoms with Gasteiger partial charge in [-0.15, -0.1) is 0 Å². The van der Waals surface area contributed by atoms with Crippen LogP contribution >= 0.6 is 23.2 Å². The normalized spacial score (nSPS) is 14.8. The molecule has 10 heteroatoms. The highest BCUT2D eigenvalue weighted by Crippen LogP contribution is 2.26. The maximum atomic E-state index is 14.0. The first kappa shape index (κ1) is 29.9. The van der Waals surface area contributed by atoms with E-state index in [1.165, 1.54) is 29.2 Å². The molecule has 7 nitrogen and oxygen atoms in total. The maximum absolute atomic E-state index is 14.0. The van der Waals surface area contributed by atoms with Gasteiger partial charge in [0.15, 0.2) is 0 Å². The van der Waals surface area contributed by atoms with Crippen LogP contribution in [0.25, 0.3) is 0 Å². The molecule has 1 saturated carbocycles. The zero-order chi connectivity index (χ0) is 28.7. The van der Waals surface area contributed by atoms with Crippen LogP contribution in [0, 0.1) is 0 Å². The summed E-state index contributed by atoms with van der Waals surface area (Å²) < 4.78 is 28.6. The first-order chi connectivity index (χ1) is 19.1.